The summed E-state index contributed by atoms with van der Waals surface area (Å²) in [5.41, 5.74) is 4.24. The van der Waals surface area contributed by atoms with Gasteiger partial charge in [-0.25, -0.2) is 0 Å². The number of nitrogens with zero attached hydrogens (tertiary/aromatic N) is 1. The lowest BCUT2D eigenvalue weighted by Gasteiger charge is -2.37. The van der Waals surface area contributed by atoms with Crippen molar-refractivity contribution < 1.29 is 9.53 Å². The van der Waals surface area contributed by atoms with Crippen molar-refractivity contribution in [1.29, 1.82) is 0 Å². The summed E-state index contributed by atoms with van der Waals surface area (Å²) in [5.74, 6) is 1.25. The molecule has 0 atom stereocenters. The van der Waals surface area contributed by atoms with Crippen LogP contribution in [-0.4, -0.2) is 37.0 Å². The monoisotopic (exact) mass is 566 g/mol. The van der Waals surface area contributed by atoms with E-state index in [4.69, 9.17) is 27.9 Å². The van der Waals surface area contributed by atoms with Crippen LogP contribution >= 0.6 is 34.5 Å². The van der Waals surface area contributed by atoms with E-state index in [2.05, 4.69) is 29.6 Å². The predicted octanol–water partition coefficient (Wildman–Crippen LogP) is 8.14. The van der Waals surface area contributed by atoms with Crippen LogP contribution in [0.4, 0.5) is 0 Å². The van der Waals surface area contributed by atoms with Gasteiger partial charge in [-0.3, -0.25) is 4.79 Å². The molecule has 1 aliphatic carbocycles. The van der Waals surface area contributed by atoms with Gasteiger partial charge in [0.2, 0.25) is 0 Å². The number of carbonyl (C=O) groups excluding carboxylic acids is 1. The number of methoxy groups -OCH3 is 1. The Kier molecular flexibility index (Phi) is 8.59. The first-order valence-corrected chi connectivity index (χ1v) is 14.7. The number of halogens is 2. The Bertz CT molecular complexity index is 1410. The van der Waals surface area contributed by atoms with Crippen molar-refractivity contribution in [2.75, 3.05) is 14.2 Å². The van der Waals surface area contributed by atoms with Crippen molar-refractivity contribution in [3.8, 4) is 16.9 Å². The van der Waals surface area contributed by atoms with E-state index in [1.54, 1.807) is 7.11 Å². The van der Waals surface area contributed by atoms with E-state index >= 15 is 0 Å². The predicted molar refractivity (Wildman–Crippen MR) is 160 cm³/mol. The largest absolute Gasteiger partial charge is 0.496 e. The summed E-state index contributed by atoms with van der Waals surface area (Å²) in [7, 11) is 3.70. The van der Waals surface area contributed by atoms with E-state index in [1.165, 1.54) is 11.3 Å². The molecule has 38 heavy (non-hydrogen) atoms. The molecule has 1 saturated carbocycles. The molecule has 4 aromatic rings. The van der Waals surface area contributed by atoms with Crippen LogP contribution in [-0.2, 0) is 12.4 Å². The average molecular weight is 568 g/mol. The molecule has 1 aliphatic rings. The molecule has 5 rings (SSSR count). The van der Waals surface area contributed by atoms with Crippen molar-refractivity contribution in [2.24, 2.45) is 0 Å². The number of nitrogens with one attached hydrogen (secondary N) is 1. The van der Waals surface area contributed by atoms with Gasteiger partial charge in [0, 0.05) is 40.2 Å². The highest BCUT2D eigenvalue weighted by molar-refractivity contribution is 7.21. The summed E-state index contributed by atoms with van der Waals surface area (Å²) < 4.78 is 6.79. The summed E-state index contributed by atoms with van der Waals surface area (Å²) in [5, 5.41) is 4.88. The summed E-state index contributed by atoms with van der Waals surface area (Å²) in [4.78, 5) is 16.8. The van der Waals surface area contributed by atoms with Crippen LogP contribution in [0.25, 0.3) is 21.2 Å². The minimum atomic E-state index is -0.0111. The number of alkyl halides is 1. The summed E-state index contributed by atoms with van der Waals surface area (Å²) in [6, 6.07) is 23.0. The van der Waals surface area contributed by atoms with Crippen LogP contribution in [0.15, 0.2) is 66.7 Å². The third-order valence-electron chi connectivity index (χ3n) is 7.60. The molecule has 4 nitrogen and oxygen atoms in total. The van der Waals surface area contributed by atoms with Gasteiger partial charge >= 0.3 is 0 Å². The summed E-state index contributed by atoms with van der Waals surface area (Å²) in [6.07, 6.45) is 3.97. The number of fused-ring (bicyclic) bond motifs is 1. The van der Waals surface area contributed by atoms with Crippen molar-refractivity contribution in [2.45, 2.75) is 50.2 Å². The third kappa shape index (κ3) is 5.57. The lowest BCUT2D eigenvalue weighted by Crippen LogP contribution is -2.44. The maximum absolute atomic E-state index is 14.2. The van der Waals surface area contributed by atoms with Gasteiger partial charge in [0.25, 0.3) is 5.91 Å². The molecule has 0 aliphatic heterocycles. The van der Waals surface area contributed by atoms with Gasteiger partial charge in [-0.2, -0.15) is 0 Å². The van der Waals surface area contributed by atoms with Gasteiger partial charge in [0.05, 0.1) is 12.1 Å². The van der Waals surface area contributed by atoms with Crippen LogP contribution in [0.1, 0.15) is 46.5 Å². The van der Waals surface area contributed by atoms with Crippen molar-refractivity contribution in [3.63, 3.8) is 0 Å². The molecular weight excluding hydrogens is 535 g/mol. The van der Waals surface area contributed by atoms with Crippen LogP contribution in [0.2, 0.25) is 5.02 Å². The van der Waals surface area contributed by atoms with E-state index in [9.17, 15) is 4.79 Å². The fourth-order valence-electron chi connectivity index (χ4n) is 5.38. The zero-order valence-electron chi connectivity index (χ0n) is 21.7. The standard InChI is InChI=1S/C31H32Cl2N2O2S/c1-34-24-12-14-25(15-13-24)35(31(36)30-29(33)26-5-3-4-6-28(26)38-30)19-23-17-22(11-16-27(23)37-2)21-9-7-20(18-32)8-10-21/h3-11,16-17,24-25,34H,12-15,18-19H2,1-2H3/t24-,25-. The number of amides is 1. The molecule has 1 heterocycles. The van der Waals surface area contributed by atoms with Crippen molar-refractivity contribution in [1.82, 2.24) is 10.2 Å². The second-order valence-electron chi connectivity index (χ2n) is 9.83. The molecule has 1 N–H and O–H groups in total. The van der Waals surface area contributed by atoms with Gasteiger partial charge in [-0.05, 0) is 67.6 Å². The van der Waals surface area contributed by atoms with Crippen LogP contribution in [0.5, 0.6) is 5.75 Å². The Morgan fingerprint density at radius 1 is 1.03 bits per heavy atom. The Morgan fingerprint density at radius 3 is 2.39 bits per heavy atom. The summed E-state index contributed by atoms with van der Waals surface area (Å²) in [6.45, 7) is 0.453. The number of hydrogen-bond acceptors (Lipinski definition) is 4. The van der Waals surface area contributed by atoms with E-state index in [-0.39, 0.29) is 11.9 Å². The molecule has 0 saturated heterocycles. The molecule has 0 bridgehead atoms. The van der Waals surface area contributed by atoms with E-state index in [0.717, 1.165) is 63.8 Å². The van der Waals surface area contributed by atoms with Gasteiger partial charge in [0.1, 0.15) is 10.6 Å². The Hall–Kier alpha value is -2.57. The zero-order chi connectivity index (χ0) is 26.6. The highest BCUT2D eigenvalue weighted by atomic mass is 35.5. The highest BCUT2D eigenvalue weighted by Gasteiger charge is 2.32. The van der Waals surface area contributed by atoms with Crippen molar-refractivity contribution in [3.05, 3.63) is 87.8 Å². The first-order valence-electron chi connectivity index (χ1n) is 13.0. The maximum Gasteiger partial charge on any atom is 0.266 e. The minimum Gasteiger partial charge on any atom is -0.496 e. The number of ether oxygens (including phenoxy) is 1. The molecule has 3 aromatic carbocycles. The van der Waals surface area contributed by atoms with Gasteiger partial charge in [-0.15, -0.1) is 22.9 Å². The minimum absolute atomic E-state index is 0.0111. The average Bonchev–Trinajstić information content (AvgIpc) is 3.32. The molecule has 7 heteroatoms. The highest BCUT2D eigenvalue weighted by Crippen LogP contribution is 2.38. The second kappa shape index (κ2) is 12.1. The number of thiophene rings is 1. The molecule has 0 spiro atoms. The fourth-order valence-corrected chi connectivity index (χ4v) is 7.02. The summed E-state index contributed by atoms with van der Waals surface area (Å²) >= 11 is 14.3. The number of rotatable bonds is 8. The topological polar surface area (TPSA) is 41.6 Å². The number of hydrogen-bond donors (Lipinski definition) is 1. The molecular formula is C31H32Cl2N2O2S. The van der Waals surface area contributed by atoms with E-state index < -0.39 is 0 Å². The molecule has 1 amide bonds. The van der Waals surface area contributed by atoms with Crippen LogP contribution in [0.3, 0.4) is 0 Å². The molecule has 0 unspecified atom stereocenters. The lowest BCUT2D eigenvalue weighted by atomic mass is 9.89. The van der Waals surface area contributed by atoms with Gasteiger partial charge < -0.3 is 15.0 Å². The normalized spacial score (nSPS) is 17.5. The van der Waals surface area contributed by atoms with E-state index in [0.29, 0.717) is 28.4 Å². The molecule has 0 radical (unpaired) electrons. The number of benzene rings is 3. The maximum atomic E-state index is 14.2. The molecule has 1 fully saturated rings. The smallest absolute Gasteiger partial charge is 0.266 e. The Labute approximate surface area is 238 Å². The van der Waals surface area contributed by atoms with Gasteiger partial charge in [-0.1, -0.05) is 60.1 Å². The molecule has 198 valence electrons. The zero-order valence-corrected chi connectivity index (χ0v) is 24.0. The van der Waals surface area contributed by atoms with Gasteiger partial charge in [0.15, 0.2) is 0 Å². The Morgan fingerprint density at radius 2 is 1.74 bits per heavy atom. The molecule has 1 aromatic heterocycles. The third-order valence-corrected chi connectivity index (χ3v) is 9.57. The van der Waals surface area contributed by atoms with E-state index in [1.807, 2.05) is 54.4 Å². The quantitative estimate of drug-likeness (QED) is 0.219. The fraction of sp³-hybridized carbons (Fsp3) is 0.323. The lowest BCUT2D eigenvalue weighted by molar-refractivity contribution is 0.0604. The van der Waals surface area contributed by atoms with Crippen LogP contribution < -0.4 is 10.1 Å². The number of carbonyl (C=O) groups is 1. The first kappa shape index (κ1) is 27.0. The second-order valence-corrected chi connectivity index (χ2v) is 11.5. The van der Waals surface area contributed by atoms with Crippen LogP contribution in [0, 0.1) is 0 Å². The first-order chi connectivity index (χ1) is 18.5. The Balaban J connectivity index is 1.51. The van der Waals surface area contributed by atoms with Crippen molar-refractivity contribution >= 4 is 50.5 Å². The SMILES string of the molecule is CN[C@H]1CC[C@H](N(Cc2cc(-c3ccc(CCl)cc3)ccc2OC)C(=O)c2sc3ccccc3c2Cl)CC1.